The molecule has 0 spiro atoms. The molecule has 3 nitrogen and oxygen atoms in total. The molecular weight excluding hydrogens is 212 g/mol. The van der Waals surface area contributed by atoms with Gasteiger partial charge in [-0.2, -0.15) is 0 Å². The van der Waals surface area contributed by atoms with E-state index in [0.29, 0.717) is 23.5 Å². The van der Waals surface area contributed by atoms with Gasteiger partial charge < -0.3 is 4.74 Å². The van der Waals surface area contributed by atoms with Gasteiger partial charge >= 0.3 is 0 Å². The zero-order valence-electron chi connectivity index (χ0n) is 9.62. The molecule has 4 heteroatoms. The Labute approximate surface area is 95.8 Å². The topological polar surface area (TPSA) is 35.0 Å². The van der Waals surface area contributed by atoms with Crippen molar-refractivity contribution in [3.63, 3.8) is 0 Å². The summed E-state index contributed by atoms with van der Waals surface area (Å²) >= 11 is 5.82. The van der Waals surface area contributed by atoms with E-state index in [0.717, 1.165) is 5.69 Å². The Morgan fingerprint density at radius 1 is 1.33 bits per heavy atom. The third kappa shape index (κ3) is 4.14. The SMILES string of the molecule is Cc1cc(Cl)nc(COC(C)C(C)C)n1. The minimum atomic E-state index is 0.202. The minimum Gasteiger partial charge on any atom is -0.370 e. The van der Waals surface area contributed by atoms with Gasteiger partial charge in [0.25, 0.3) is 0 Å². The molecule has 0 N–H and O–H groups in total. The van der Waals surface area contributed by atoms with Crippen molar-refractivity contribution in [3.05, 3.63) is 22.7 Å². The van der Waals surface area contributed by atoms with Crippen molar-refractivity contribution in [2.45, 2.75) is 40.4 Å². The van der Waals surface area contributed by atoms with E-state index in [9.17, 15) is 0 Å². The highest BCUT2D eigenvalue weighted by atomic mass is 35.5. The van der Waals surface area contributed by atoms with E-state index in [1.807, 2.05) is 13.8 Å². The van der Waals surface area contributed by atoms with Gasteiger partial charge in [0.1, 0.15) is 11.8 Å². The van der Waals surface area contributed by atoms with Crippen LogP contribution in [0.2, 0.25) is 5.15 Å². The number of hydrogen-bond donors (Lipinski definition) is 0. The van der Waals surface area contributed by atoms with Gasteiger partial charge in [-0.05, 0) is 25.8 Å². The summed E-state index contributed by atoms with van der Waals surface area (Å²) in [4.78, 5) is 8.34. The van der Waals surface area contributed by atoms with Gasteiger partial charge in [0.15, 0.2) is 5.82 Å². The molecule has 15 heavy (non-hydrogen) atoms. The molecule has 1 aromatic heterocycles. The van der Waals surface area contributed by atoms with Crippen molar-refractivity contribution in [1.82, 2.24) is 9.97 Å². The van der Waals surface area contributed by atoms with Gasteiger partial charge in [0.2, 0.25) is 0 Å². The zero-order chi connectivity index (χ0) is 11.4. The third-order valence-corrected chi connectivity index (χ3v) is 2.48. The van der Waals surface area contributed by atoms with Crippen LogP contribution in [0.3, 0.4) is 0 Å². The maximum absolute atomic E-state index is 5.82. The summed E-state index contributed by atoms with van der Waals surface area (Å²) in [5.41, 5.74) is 0.866. The summed E-state index contributed by atoms with van der Waals surface area (Å²) in [5, 5.41) is 0.471. The molecule has 0 fully saturated rings. The summed E-state index contributed by atoms with van der Waals surface area (Å²) in [6.07, 6.45) is 0.202. The normalized spacial score (nSPS) is 13.2. The third-order valence-electron chi connectivity index (χ3n) is 2.28. The van der Waals surface area contributed by atoms with Crippen LogP contribution in [-0.2, 0) is 11.3 Å². The molecule has 84 valence electrons. The maximum Gasteiger partial charge on any atom is 0.155 e. The summed E-state index contributed by atoms with van der Waals surface area (Å²) in [5.74, 6) is 1.14. The number of hydrogen-bond acceptors (Lipinski definition) is 3. The smallest absolute Gasteiger partial charge is 0.155 e. The minimum absolute atomic E-state index is 0.202. The second kappa shape index (κ2) is 5.42. The van der Waals surface area contributed by atoms with E-state index < -0.39 is 0 Å². The molecule has 1 rings (SSSR count). The van der Waals surface area contributed by atoms with E-state index in [-0.39, 0.29) is 6.10 Å². The highest BCUT2D eigenvalue weighted by Crippen LogP contribution is 2.10. The lowest BCUT2D eigenvalue weighted by molar-refractivity contribution is 0.0199. The highest BCUT2D eigenvalue weighted by molar-refractivity contribution is 6.29. The Hall–Kier alpha value is -0.670. The van der Waals surface area contributed by atoms with Crippen LogP contribution in [0, 0.1) is 12.8 Å². The first-order valence-corrected chi connectivity index (χ1v) is 5.48. The van der Waals surface area contributed by atoms with Gasteiger partial charge in [-0.1, -0.05) is 25.4 Å². The Morgan fingerprint density at radius 2 is 2.00 bits per heavy atom. The fourth-order valence-corrected chi connectivity index (χ4v) is 1.31. The van der Waals surface area contributed by atoms with Crippen LogP contribution < -0.4 is 0 Å². The second-order valence-corrected chi connectivity index (χ2v) is 4.40. The molecule has 0 aliphatic heterocycles. The lowest BCUT2D eigenvalue weighted by Crippen LogP contribution is -2.16. The molecule has 0 amide bonds. The fourth-order valence-electron chi connectivity index (χ4n) is 1.05. The van der Waals surface area contributed by atoms with Crippen LogP contribution in [0.4, 0.5) is 0 Å². The van der Waals surface area contributed by atoms with Crippen molar-refractivity contribution in [2.24, 2.45) is 5.92 Å². The van der Waals surface area contributed by atoms with E-state index in [1.54, 1.807) is 6.07 Å². The summed E-state index contributed by atoms with van der Waals surface area (Å²) < 4.78 is 5.62. The van der Waals surface area contributed by atoms with Crippen LogP contribution in [0.15, 0.2) is 6.07 Å². The van der Waals surface area contributed by atoms with Crippen molar-refractivity contribution >= 4 is 11.6 Å². The fraction of sp³-hybridized carbons (Fsp3) is 0.636. The zero-order valence-corrected chi connectivity index (χ0v) is 10.4. The molecule has 1 heterocycles. The maximum atomic E-state index is 5.82. The quantitative estimate of drug-likeness (QED) is 0.744. The Morgan fingerprint density at radius 3 is 2.53 bits per heavy atom. The molecular formula is C11H17ClN2O. The number of halogens is 1. The van der Waals surface area contributed by atoms with Gasteiger partial charge in [-0.3, -0.25) is 0 Å². The number of aromatic nitrogens is 2. The van der Waals surface area contributed by atoms with Crippen molar-refractivity contribution in [3.8, 4) is 0 Å². The Kier molecular flexibility index (Phi) is 4.48. The first kappa shape index (κ1) is 12.4. The largest absolute Gasteiger partial charge is 0.370 e. The van der Waals surface area contributed by atoms with Gasteiger partial charge in [-0.25, -0.2) is 9.97 Å². The average molecular weight is 229 g/mol. The van der Waals surface area contributed by atoms with Crippen LogP contribution in [0.25, 0.3) is 0 Å². The second-order valence-electron chi connectivity index (χ2n) is 4.01. The lowest BCUT2D eigenvalue weighted by atomic mass is 10.1. The number of ether oxygens (including phenoxy) is 1. The van der Waals surface area contributed by atoms with E-state index in [4.69, 9.17) is 16.3 Å². The lowest BCUT2D eigenvalue weighted by Gasteiger charge is -2.15. The average Bonchev–Trinajstić information content (AvgIpc) is 2.12. The summed E-state index contributed by atoms with van der Waals surface area (Å²) in [7, 11) is 0. The van der Waals surface area contributed by atoms with E-state index in [1.165, 1.54) is 0 Å². The first-order chi connectivity index (χ1) is 6.99. The highest BCUT2D eigenvalue weighted by Gasteiger charge is 2.08. The van der Waals surface area contributed by atoms with Crippen molar-refractivity contribution in [2.75, 3.05) is 0 Å². The first-order valence-electron chi connectivity index (χ1n) is 5.10. The summed E-state index contributed by atoms with van der Waals surface area (Å²) in [6.45, 7) is 8.59. The van der Waals surface area contributed by atoms with Crippen LogP contribution in [0.1, 0.15) is 32.3 Å². The number of nitrogens with zero attached hydrogens (tertiary/aromatic N) is 2. The van der Waals surface area contributed by atoms with Crippen LogP contribution in [-0.4, -0.2) is 16.1 Å². The predicted octanol–water partition coefficient (Wildman–Crippen LogP) is 3.00. The molecule has 0 aliphatic rings. The monoisotopic (exact) mass is 228 g/mol. The molecule has 0 radical (unpaired) electrons. The summed E-state index contributed by atoms with van der Waals surface area (Å²) in [6, 6.07) is 1.73. The Bertz CT molecular complexity index is 308. The number of aryl methyl sites for hydroxylation is 1. The standard InChI is InChI=1S/C11H17ClN2O/c1-7(2)9(4)15-6-11-13-8(3)5-10(12)14-11/h5,7,9H,6H2,1-4H3. The van der Waals surface area contributed by atoms with Gasteiger partial charge in [0.05, 0.1) is 6.10 Å². The molecule has 0 bridgehead atoms. The molecule has 0 saturated carbocycles. The van der Waals surface area contributed by atoms with Gasteiger partial charge in [-0.15, -0.1) is 0 Å². The molecule has 0 aliphatic carbocycles. The molecule has 0 aromatic carbocycles. The van der Waals surface area contributed by atoms with Crippen molar-refractivity contribution < 1.29 is 4.74 Å². The molecule has 1 unspecified atom stereocenters. The van der Waals surface area contributed by atoms with Crippen molar-refractivity contribution in [1.29, 1.82) is 0 Å². The number of rotatable bonds is 4. The molecule has 1 atom stereocenters. The van der Waals surface area contributed by atoms with E-state index in [2.05, 4.69) is 23.8 Å². The van der Waals surface area contributed by atoms with Gasteiger partial charge in [0, 0.05) is 5.69 Å². The van der Waals surface area contributed by atoms with E-state index >= 15 is 0 Å². The molecule has 0 saturated heterocycles. The Balaban J connectivity index is 2.57. The van der Waals surface area contributed by atoms with Crippen LogP contribution >= 0.6 is 11.6 Å². The van der Waals surface area contributed by atoms with Crippen LogP contribution in [0.5, 0.6) is 0 Å². The molecule has 1 aromatic rings. The predicted molar refractivity (Wildman–Crippen MR) is 60.9 cm³/mol.